The van der Waals surface area contributed by atoms with Crippen molar-refractivity contribution >= 4 is 45.7 Å². The summed E-state index contributed by atoms with van der Waals surface area (Å²) in [5.41, 5.74) is -2.04. The zero-order valence-electron chi connectivity index (χ0n) is 24.2. The Balaban J connectivity index is 1.95. The summed E-state index contributed by atoms with van der Waals surface area (Å²) in [6, 6.07) is 2.30. The topological polar surface area (TPSA) is 159 Å². The molecule has 3 heterocycles. The number of hydrogen-bond donors (Lipinski definition) is 1. The van der Waals surface area contributed by atoms with Gasteiger partial charge in [0, 0.05) is 19.3 Å². The lowest BCUT2D eigenvalue weighted by molar-refractivity contribution is -0.384. The van der Waals surface area contributed by atoms with Gasteiger partial charge in [0.05, 0.1) is 30.7 Å². The van der Waals surface area contributed by atoms with E-state index in [4.69, 9.17) is 18.6 Å². The third kappa shape index (κ3) is 5.86. The van der Waals surface area contributed by atoms with Gasteiger partial charge >= 0.3 is 11.8 Å². The van der Waals surface area contributed by atoms with Gasteiger partial charge in [0.2, 0.25) is 5.78 Å². The van der Waals surface area contributed by atoms with E-state index >= 15 is 8.78 Å². The second kappa shape index (κ2) is 11.5. The fourth-order valence-corrected chi connectivity index (χ4v) is 4.15. The number of rotatable bonds is 8. The van der Waals surface area contributed by atoms with Crippen molar-refractivity contribution in [2.75, 3.05) is 31.5 Å². The minimum atomic E-state index is -1.32. The van der Waals surface area contributed by atoms with Crippen LogP contribution in [-0.4, -0.2) is 53.6 Å². The van der Waals surface area contributed by atoms with Crippen LogP contribution in [0, 0.1) is 28.7 Å². The van der Waals surface area contributed by atoms with Crippen molar-refractivity contribution in [3.8, 4) is 11.5 Å². The lowest BCUT2D eigenvalue weighted by Crippen LogP contribution is -2.34. The van der Waals surface area contributed by atoms with Gasteiger partial charge in [0.25, 0.3) is 0 Å². The Morgan fingerprint density at radius 3 is 2.26 bits per heavy atom. The van der Waals surface area contributed by atoms with Crippen molar-refractivity contribution in [2.45, 2.75) is 33.3 Å². The number of fused-ring (bicyclic) bond motifs is 1. The normalized spacial score (nSPS) is 11.3. The molecule has 0 aliphatic heterocycles. The first kappa shape index (κ1) is 30.6. The molecule has 0 aliphatic rings. The largest absolute Gasteiger partial charge is 0.494 e. The molecular formula is C28H27F2N5O8. The Morgan fingerprint density at radius 2 is 1.70 bits per heavy atom. The summed E-state index contributed by atoms with van der Waals surface area (Å²) >= 11 is 0. The first-order valence-corrected chi connectivity index (χ1v) is 12.6. The van der Waals surface area contributed by atoms with Crippen molar-refractivity contribution in [2.24, 2.45) is 0 Å². The van der Waals surface area contributed by atoms with Gasteiger partial charge in [0.15, 0.2) is 34.5 Å². The Hall–Kier alpha value is -5.34. The zero-order chi connectivity index (χ0) is 31.8. The van der Waals surface area contributed by atoms with Crippen molar-refractivity contribution in [1.82, 2.24) is 9.97 Å². The van der Waals surface area contributed by atoms with E-state index < -0.39 is 56.9 Å². The summed E-state index contributed by atoms with van der Waals surface area (Å²) < 4.78 is 51.8. The smallest absolute Gasteiger partial charge is 0.414 e. The van der Waals surface area contributed by atoms with Gasteiger partial charge < -0.3 is 23.9 Å². The highest BCUT2D eigenvalue weighted by Crippen LogP contribution is 2.40. The summed E-state index contributed by atoms with van der Waals surface area (Å²) in [5, 5.41) is 14.5. The third-order valence-electron chi connectivity index (χ3n) is 6.12. The number of pyridine rings is 2. The second-order valence-electron chi connectivity index (χ2n) is 10.2. The van der Waals surface area contributed by atoms with E-state index in [0.717, 1.165) is 31.4 Å². The number of aromatic nitrogens is 2. The fraction of sp³-hybridized carbons (Fsp3) is 0.286. The van der Waals surface area contributed by atoms with Gasteiger partial charge in [-0.05, 0) is 39.3 Å². The Morgan fingerprint density at radius 1 is 1.07 bits per heavy atom. The molecule has 0 spiro atoms. The molecule has 0 saturated carbocycles. The molecule has 0 radical (unpaired) electrons. The fourth-order valence-electron chi connectivity index (χ4n) is 4.15. The van der Waals surface area contributed by atoms with Crippen molar-refractivity contribution in [1.29, 1.82) is 0 Å². The first-order valence-electron chi connectivity index (χ1n) is 12.6. The number of aryl methyl sites for hydroxylation is 1. The lowest BCUT2D eigenvalue weighted by atomic mass is 10.0. The van der Waals surface area contributed by atoms with Crippen LogP contribution >= 0.6 is 0 Å². The molecule has 0 saturated heterocycles. The van der Waals surface area contributed by atoms with E-state index in [2.05, 4.69) is 15.3 Å². The number of furan rings is 1. The number of nitro groups is 1. The number of benzene rings is 1. The molecule has 226 valence electrons. The van der Waals surface area contributed by atoms with Crippen LogP contribution in [0.15, 0.2) is 35.1 Å². The number of halogens is 2. The first-order chi connectivity index (χ1) is 20.2. The third-order valence-corrected chi connectivity index (χ3v) is 6.12. The molecule has 0 fully saturated rings. The molecule has 3 aromatic heterocycles. The molecule has 0 atom stereocenters. The van der Waals surface area contributed by atoms with Gasteiger partial charge in [-0.1, -0.05) is 0 Å². The van der Waals surface area contributed by atoms with Crippen LogP contribution < -0.4 is 19.7 Å². The van der Waals surface area contributed by atoms with Crippen molar-refractivity contribution in [3.63, 3.8) is 0 Å². The van der Waals surface area contributed by atoms with Crippen LogP contribution in [0.1, 0.15) is 42.5 Å². The monoisotopic (exact) mass is 599 g/mol. The molecule has 0 bridgehead atoms. The number of anilines is 3. The highest BCUT2D eigenvalue weighted by molar-refractivity contribution is 6.17. The molecule has 1 aromatic carbocycles. The predicted molar refractivity (Wildman–Crippen MR) is 150 cm³/mol. The summed E-state index contributed by atoms with van der Waals surface area (Å²) in [6.07, 6.45) is 2.74. The van der Waals surface area contributed by atoms with Gasteiger partial charge in [-0.2, -0.15) is 0 Å². The summed E-state index contributed by atoms with van der Waals surface area (Å²) in [4.78, 5) is 46.9. The Labute approximate surface area is 243 Å². The molecule has 4 rings (SSSR count). The predicted octanol–water partition coefficient (Wildman–Crippen LogP) is 6.08. The van der Waals surface area contributed by atoms with E-state index in [1.54, 1.807) is 27.7 Å². The van der Waals surface area contributed by atoms with Gasteiger partial charge in [0.1, 0.15) is 34.6 Å². The van der Waals surface area contributed by atoms with Gasteiger partial charge in [-0.3, -0.25) is 24.8 Å². The van der Waals surface area contributed by atoms with Crippen LogP contribution in [-0.2, 0) is 4.74 Å². The highest BCUT2D eigenvalue weighted by atomic mass is 19.1. The molecular weight excluding hydrogens is 572 g/mol. The Bertz CT molecular complexity index is 1740. The number of amides is 1. The van der Waals surface area contributed by atoms with E-state index in [-0.39, 0.29) is 33.8 Å². The van der Waals surface area contributed by atoms with E-state index in [9.17, 15) is 19.7 Å². The average Bonchev–Trinajstić information content (AvgIpc) is 3.31. The molecule has 43 heavy (non-hydrogen) atoms. The number of nitrogens with zero attached hydrogens (tertiary/aromatic N) is 4. The standard InChI is InChI=1S/C28H27F2N5O8/c1-13-10-31-11-15(35(38)39)23(13)33-19-8-14-18(12-32-19)42-26(24(14)34(5)27(37)43-28(2,3)4)25(36)20-21(29)16(40-6)9-17(41-7)22(20)30/h8-12H,1-7H3,(H,31,32,33). The second-order valence-corrected chi connectivity index (χ2v) is 10.2. The lowest BCUT2D eigenvalue weighted by Gasteiger charge is -2.24. The number of nitrogens with one attached hydrogen (secondary N) is 1. The Kier molecular flexibility index (Phi) is 8.19. The SMILES string of the molecule is COc1cc(OC)c(F)c(C(=O)c2oc3cnc(Nc4c(C)cncc4[N+](=O)[O-])cc3c2N(C)C(=O)OC(C)(C)C)c1F. The summed E-state index contributed by atoms with van der Waals surface area (Å²) in [5.74, 6) is -5.42. The number of ether oxygens (including phenoxy) is 3. The molecule has 15 heteroatoms. The van der Waals surface area contributed by atoms with Crippen LogP contribution in [0.3, 0.4) is 0 Å². The molecule has 0 aliphatic carbocycles. The van der Waals surface area contributed by atoms with E-state index in [1.165, 1.54) is 25.5 Å². The minimum Gasteiger partial charge on any atom is -0.494 e. The minimum absolute atomic E-state index is 0.0454. The number of ketones is 1. The maximum Gasteiger partial charge on any atom is 0.414 e. The zero-order valence-corrected chi connectivity index (χ0v) is 24.2. The van der Waals surface area contributed by atoms with Crippen LogP contribution in [0.25, 0.3) is 11.0 Å². The highest BCUT2D eigenvalue weighted by Gasteiger charge is 2.35. The number of carbonyl (C=O) groups excluding carboxylic acids is 2. The van der Waals surface area contributed by atoms with Crippen LogP contribution in [0.5, 0.6) is 11.5 Å². The molecule has 1 amide bonds. The number of methoxy groups -OCH3 is 2. The van der Waals surface area contributed by atoms with Gasteiger partial charge in [-0.25, -0.2) is 18.6 Å². The number of hydrogen-bond acceptors (Lipinski definition) is 11. The molecule has 13 nitrogen and oxygen atoms in total. The quantitative estimate of drug-likeness (QED) is 0.142. The summed E-state index contributed by atoms with van der Waals surface area (Å²) in [6.45, 7) is 6.48. The van der Waals surface area contributed by atoms with Crippen LogP contribution in [0.4, 0.5) is 36.5 Å². The molecule has 0 unspecified atom stereocenters. The molecule has 4 aromatic rings. The molecule has 1 N–H and O–H groups in total. The van der Waals surface area contributed by atoms with Gasteiger partial charge in [-0.15, -0.1) is 0 Å². The van der Waals surface area contributed by atoms with E-state index in [0.29, 0.717) is 5.56 Å². The van der Waals surface area contributed by atoms with E-state index in [1.807, 2.05) is 0 Å². The van der Waals surface area contributed by atoms with Crippen molar-refractivity contribution < 1.29 is 41.9 Å². The average molecular weight is 600 g/mol. The maximum absolute atomic E-state index is 15.3. The van der Waals surface area contributed by atoms with Crippen molar-refractivity contribution in [3.05, 3.63) is 69.4 Å². The summed E-state index contributed by atoms with van der Waals surface area (Å²) in [7, 11) is 3.53. The maximum atomic E-state index is 15.3. The van der Waals surface area contributed by atoms with Crippen LogP contribution in [0.2, 0.25) is 0 Å². The number of carbonyl (C=O) groups is 2.